The summed E-state index contributed by atoms with van der Waals surface area (Å²) in [6.45, 7) is 6.87. The molecule has 0 spiro atoms. The Bertz CT molecular complexity index is 602. The van der Waals surface area contributed by atoms with Gasteiger partial charge in [0.15, 0.2) is 5.78 Å². The molecule has 0 aromatic carbocycles. The van der Waals surface area contributed by atoms with Crippen LogP contribution in [-0.4, -0.2) is 10.8 Å². The molecule has 4 bridgehead atoms. The van der Waals surface area contributed by atoms with Gasteiger partial charge in [0.05, 0.1) is 0 Å². The molecule has 0 amide bonds. The lowest BCUT2D eigenvalue weighted by Crippen LogP contribution is -2.57. The van der Waals surface area contributed by atoms with Gasteiger partial charge in [0, 0.05) is 23.4 Å². The van der Waals surface area contributed by atoms with Gasteiger partial charge in [0.25, 0.3) is 0 Å². The van der Waals surface area contributed by atoms with Crippen LogP contribution in [0.3, 0.4) is 0 Å². The Balaban J connectivity index is 1.76. The molecule has 4 aliphatic rings. The van der Waals surface area contributed by atoms with Crippen molar-refractivity contribution in [3.05, 3.63) is 29.6 Å². The van der Waals surface area contributed by atoms with E-state index in [0.717, 1.165) is 36.3 Å². The average molecular weight is 283 g/mol. The zero-order chi connectivity index (χ0) is 14.9. The van der Waals surface area contributed by atoms with Crippen LogP contribution in [0, 0.1) is 29.1 Å². The van der Waals surface area contributed by atoms with E-state index in [1.807, 2.05) is 19.2 Å². The fraction of sp³-hybridized carbons (Fsp3) is 0.684. The SMILES string of the molecule is Cc1cncc(C(=O)C23CC4CC(C)(CC(C)(C4)C2)C3)c1. The number of aryl methyl sites for hydroxylation is 1. The highest BCUT2D eigenvalue weighted by atomic mass is 16.1. The summed E-state index contributed by atoms with van der Waals surface area (Å²) in [6, 6.07) is 2.03. The van der Waals surface area contributed by atoms with Crippen molar-refractivity contribution in [3.8, 4) is 0 Å². The summed E-state index contributed by atoms with van der Waals surface area (Å²) in [6.07, 6.45) is 10.9. The Hall–Kier alpha value is -1.18. The van der Waals surface area contributed by atoms with Crippen LogP contribution in [0.25, 0.3) is 0 Å². The first kappa shape index (κ1) is 13.5. The van der Waals surface area contributed by atoms with E-state index in [4.69, 9.17) is 0 Å². The number of hydrogen-bond acceptors (Lipinski definition) is 2. The maximum absolute atomic E-state index is 13.3. The van der Waals surface area contributed by atoms with E-state index in [0.29, 0.717) is 16.6 Å². The second kappa shape index (κ2) is 3.97. The van der Waals surface area contributed by atoms with Gasteiger partial charge in [-0.05, 0) is 73.8 Å². The molecule has 0 aliphatic heterocycles. The van der Waals surface area contributed by atoms with Crippen LogP contribution in [0.1, 0.15) is 68.3 Å². The number of hydrogen-bond donors (Lipinski definition) is 0. The predicted octanol–water partition coefficient (Wildman–Crippen LogP) is 4.57. The molecule has 2 heteroatoms. The number of aromatic nitrogens is 1. The molecule has 2 atom stereocenters. The fourth-order valence-corrected chi connectivity index (χ4v) is 6.69. The van der Waals surface area contributed by atoms with Crippen LogP contribution in [-0.2, 0) is 0 Å². The lowest BCUT2D eigenvalue weighted by atomic mass is 9.39. The Morgan fingerprint density at radius 2 is 1.76 bits per heavy atom. The summed E-state index contributed by atoms with van der Waals surface area (Å²) >= 11 is 0. The van der Waals surface area contributed by atoms with Gasteiger partial charge in [-0.15, -0.1) is 0 Å². The van der Waals surface area contributed by atoms with Crippen molar-refractivity contribution in [3.63, 3.8) is 0 Å². The van der Waals surface area contributed by atoms with Crippen molar-refractivity contribution in [1.82, 2.24) is 4.98 Å². The largest absolute Gasteiger partial charge is 0.293 e. The van der Waals surface area contributed by atoms with E-state index in [2.05, 4.69) is 18.8 Å². The Morgan fingerprint density at radius 3 is 2.33 bits per heavy atom. The smallest absolute Gasteiger partial charge is 0.170 e. The monoisotopic (exact) mass is 283 g/mol. The van der Waals surface area contributed by atoms with Gasteiger partial charge in [-0.25, -0.2) is 0 Å². The minimum Gasteiger partial charge on any atom is -0.293 e. The number of nitrogens with zero attached hydrogens (tertiary/aromatic N) is 1. The predicted molar refractivity (Wildman–Crippen MR) is 83.1 cm³/mol. The number of carbonyl (C=O) groups is 1. The molecule has 2 nitrogen and oxygen atoms in total. The van der Waals surface area contributed by atoms with Crippen LogP contribution in [0.4, 0.5) is 0 Å². The summed E-state index contributed by atoms with van der Waals surface area (Å²) in [5.74, 6) is 1.14. The van der Waals surface area contributed by atoms with Crippen LogP contribution >= 0.6 is 0 Å². The third-order valence-corrected chi connectivity index (χ3v) is 6.25. The molecular weight excluding hydrogens is 258 g/mol. The zero-order valence-corrected chi connectivity index (χ0v) is 13.4. The molecule has 0 radical (unpaired) electrons. The number of Topliss-reactive ketones (excluding diaryl/α,β-unsaturated/α-hetero) is 1. The highest BCUT2D eigenvalue weighted by Gasteiger charge is 2.62. The summed E-state index contributed by atoms with van der Waals surface area (Å²) in [7, 11) is 0. The molecule has 1 aromatic heterocycles. The minimum atomic E-state index is -0.0988. The third-order valence-electron chi connectivity index (χ3n) is 6.25. The van der Waals surface area contributed by atoms with Gasteiger partial charge >= 0.3 is 0 Å². The Labute approximate surface area is 127 Å². The molecule has 4 fully saturated rings. The van der Waals surface area contributed by atoms with Gasteiger partial charge in [-0.3, -0.25) is 9.78 Å². The summed E-state index contributed by atoms with van der Waals surface area (Å²) in [5, 5.41) is 0. The molecule has 2 unspecified atom stereocenters. The first-order valence-electron chi connectivity index (χ1n) is 8.28. The van der Waals surface area contributed by atoms with E-state index in [1.54, 1.807) is 6.20 Å². The molecule has 21 heavy (non-hydrogen) atoms. The van der Waals surface area contributed by atoms with E-state index in [9.17, 15) is 4.79 Å². The molecule has 5 rings (SSSR count). The van der Waals surface area contributed by atoms with Crippen molar-refractivity contribution in [2.75, 3.05) is 0 Å². The van der Waals surface area contributed by atoms with E-state index >= 15 is 0 Å². The van der Waals surface area contributed by atoms with Crippen LogP contribution in [0.15, 0.2) is 18.5 Å². The maximum atomic E-state index is 13.3. The minimum absolute atomic E-state index is 0.0988. The van der Waals surface area contributed by atoms with Gasteiger partial charge in [-0.1, -0.05) is 13.8 Å². The van der Waals surface area contributed by atoms with Crippen LogP contribution in [0.2, 0.25) is 0 Å². The van der Waals surface area contributed by atoms with Crippen molar-refractivity contribution < 1.29 is 4.79 Å². The molecule has 1 aromatic rings. The summed E-state index contributed by atoms with van der Waals surface area (Å²) in [4.78, 5) is 17.5. The molecule has 4 saturated carbocycles. The number of ketones is 1. The molecule has 1 heterocycles. The quantitative estimate of drug-likeness (QED) is 0.744. The summed E-state index contributed by atoms with van der Waals surface area (Å²) < 4.78 is 0. The van der Waals surface area contributed by atoms with Crippen molar-refractivity contribution in [1.29, 1.82) is 0 Å². The lowest BCUT2D eigenvalue weighted by molar-refractivity contribution is -0.125. The number of pyridine rings is 1. The highest BCUT2D eigenvalue weighted by Crippen LogP contribution is 2.70. The number of rotatable bonds is 2. The van der Waals surface area contributed by atoms with Gasteiger partial charge < -0.3 is 0 Å². The topological polar surface area (TPSA) is 30.0 Å². The van der Waals surface area contributed by atoms with E-state index in [1.165, 1.54) is 19.3 Å². The second-order valence-corrected chi connectivity index (χ2v) is 8.99. The second-order valence-electron chi connectivity index (χ2n) is 8.99. The Kier molecular flexibility index (Phi) is 2.55. The molecule has 0 saturated heterocycles. The van der Waals surface area contributed by atoms with E-state index in [-0.39, 0.29) is 5.41 Å². The van der Waals surface area contributed by atoms with Crippen LogP contribution < -0.4 is 0 Å². The number of carbonyl (C=O) groups excluding carboxylic acids is 1. The molecule has 4 aliphatic carbocycles. The molecule has 0 N–H and O–H groups in total. The van der Waals surface area contributed by atoms with Gasteiger partial charge in [-0.2, -0.15) is 0 Å². The average Bonchev–Trinajstić information content (AvgIpc) is 2.33. The van der Waals surface area contributed by atoms with Gasteiger partial charge in [0.2, 0.25) is 0 Å². The van der Waals surface area contributed by atoms with Crippen molar-refractivity contribution in [2.24, 2.45) is 22.2 Å². The third kappa shape index (κ3) is 1.98. The maximum Gasteiger partial charge on any atom is 0.170 e. The van der Waals surface area contributed by atoms with Crippen molar-refractivity contribution >= 4 is 5.78 Å². The highest BCUT2D eigenvalue weighted by molar-refractivity contribution is 6.00. The first-order valence-corrected chi connectivity index (χ1v) is 8.28. The molecule has 112 valence electrons. The van der Waals surface area contributed by atoms with Crippen molar-refractivity contribution in [2.45, 2.75) is 59.3 Å². The first-order chi connectivity index (χ1) is 9.82. The lowest BCUT2D eigenvalue weighted by Gasteiger charge is -2.64. The Morgan fingerprint density at radius 1 is 1.10 bits per heavy atom. The van der Waals surface area contributed by atoms with Crippen LogP contribution in [0.5, 0.6) is 0 Å². The van der Waals surface area contributed by atoms with E-state index < -0.39 is 0 Å². The zero-order valence-electron chi connectivity index (χ0n) is 13.4. The normalized spacial score (nSPS) is 44.0. The standard InChI is InChI=1S/C19H25NO/c1-13-4-15(9-20-8-13)16(21)19-7-14-5-17(2,11-19)10-18(3,6-14)12-19/h4,8-9,14H,5-7,10-12H2,1-3H3. The fourth-order valence-electron chi connectivity index (χ4n) is 6.69. The molecular formula is C19H25NO. The van der Waals surface area contributed by atoms with Gasteiger partial charge in [0.1, 0.15) is 0 Å². The summed E-state index contributed by atoms with van der Waals surface area (Å²) in [5.41, 5.74) is 2.60.